The minimum atomic E-state index is -1.15. The second-order valence-electron chi connectivity index (χ2n) is 6.06. The Bertz CT molecular complexity index is 845. The molecule has 0 aliphatic heterocycles. The number of rotatable bonds is 8. The molecule has 132 valence electrons. The lowest BCUT2D eigenvalue weighted by Gasteiger charge is -2.11. The summed E-state index contributed by atoms with van der Waals surface area (Å²) in [7, 11) is 0. The van der Waals surface area contributed by atoms with Crippen molar-refractivity contribution in [2.45, 2.75) is 19.7 Å². The van der Waals surface area contributed by atoms with E-state index in [2.05, 4.69) is 11.4 Å². The molecule has 26 heavy (non-hydrogen) atoms. The minimum absolute atomic E-state index is 0.202. The van der Waals surface area contributed by atoms with Crippen molar-refractivity contribution in [3.8, 4) is 5.75 Å². The van der Waals surface area contributed by atoms with E-state index >= 15 is 0 Å². The van der Waals surface area contributed by atoms with E-state index in [9.17, 15) is 9.90 Å². The molecular formula is C22H21NO3. The van der Waals surface area contributed by atoms with Crippen LogP contribution in [0.2, 0.25) is 0 Å². The van der Waals surface area contributed by atoms with Crippen molar-refractivity contribution in [1.29, 1.82) is 0 Å². The average Bonchev–Trinajstić information content (AvgIpc) is 2.68. The molecule has 0 spiro atoms. The molecule has 0 aromatic heterocycles. The molecule has 3 rings (SSSR count). The van der Waals surface area contributed by atoms with E-state index in [1.54, 1.807) is 12.1 Å². The molecule has 0 fully saturated rings. The Kier molecular flexibility index (Phi) is 6.01. The Hall–Kier alpha value is -3.11. The van der Waals surface area contributed by atoms with Crippen LogP contribution in [0.4, 0.5) is 0 Å². The molecule has 0 amide bonds. The third kappa shape index (κ3) is 4.94. The van der Waals surface area contributed by atoms with Crippen LogP contribution >= 0.6 is 0 Å². The van der Waals surface area contributed by atoms with E-state index in [1.165, 1.54) is 0 Å². The Morgan fingerprint density at radius 1 is 0.808 bits per heavy atom. The fourth-order valence-corrected chi connectivity index (χ4v) is 2.72. The van der Waals surface area contributed by atoms with Gasteiger partial charge in [0.2, 0.25) is 0 Å². The summed E-state index contributed by atoms with van der Waals surface area (Å²) in [5.74, 6) is -0.259. The maximum atomic E-state index is 10.8. The van der Waals surface area contributed by atoms with Crippen LogP contribution in [-0.4, -0.2) is 5.97 Å². The van der Waals surface area contributed by atoms with Crippen molar-refractivity contribution < 1.29 is 20.0 Å². The van der Waals surface area contributed by atoms with Gasteiger partial charge in [0.15, 0.2) is 0 Å². The van der Waals surface area contributed by atoms with Gasteiger partial charge in [-0.25, -0.2) is 0 Å². The second-order valence-corrected chi connectivity index (χ2v) is 6.06. The van der Waals surface area contributed by atoms with E-state index in [1.807, 2.05) is 60.7 Å². The van der Waals surface area contributed by atoms with E-state index in [0.29, 0.717) is 6.61 Å². The van der Waals surface area contributed by atoms with Gasteiger partial charge in [0.25, 0.3) is 0 Å². The molecule has 0 atom stereocenters. The number of hydrogen-bond donors (Lipinski definition) is 1. The molecule has 0 heterocycles. The standard InChI is InChI=1S/C22H21NO3/c24-22(25)19-12-10-17(11-13-19)14-23-15-20-8-4-5-9-21(20)26-16-18-6-2-1-3-7-18/h1-13,23H,14-16H2,(H,24,25). The summed E-state index contributed by atoms with van der Waals surface area (Å²) in [5.41, 5.74) is 3.54. The zero-order valence-electron chi connectivity index (χ0n) is 14.4. The first-order chi connectivity index (χ1) is 12.7. The Labute approximate surface area is 153 Å². The smallest absolute Gasteiger partial charge is 0.128 e. The first kappa shape index (κ1) is 17.7. The maximum absolute atomic E-state index is 10.8. The third-order valence-electron chi connectivity index (χ3n) is 4.14. The largest absolute Gasteiger partial charge is 0.545 e. The summed E-state index contributed by atoms with van der Waals surface area (Å²) in [6.07, 6.45) is 0. The Balaban J connectivity index is 1.55. The highest BCUT2D eigenvalue weighted by Crippen LogP contribution is 2.18. The molecule has 2 N–H and O–H groups in total. The molecule has 3 aromatic carbocycles. The molecule has 0 saturated carbocycles. The van der Waals surface area contributed by atoms with Gasteiger partial charge in [0.1, 0.15) is 25.4 Å². The van der Waals surface area contributed by atoms with Gasteiger partial charge in [-0.1, -0.05) is 66.7 Å². The van der Waals surface area contributed by atoms with Crippen LogP contribution in [0, 0.1) is 0 Å². The highest BCUT2D eigenvalue weighted by Gasteiger charge is 2.06. The number of carbonyl (C=O) groups is 1. The minimum Gasteiger partial charge on any atom is -0.545 e. The first-order valence-corrected chi connectivity index (χ1v) is 8.59. The fraction of sp³-hybridized carbons (Fsp3) is 0.136. The lowest BCUT2D eigenvalue weighted by molar-refractivity contribution is -0.686. The molecule has 0 radical (unpaired) electrons. The zero-order chi connectivity index (χ0) is 18.2. The third-order valence-corrected chi connectivity index (χ3v) is 4.14. The van der Waals surface area contributed by atoms with Crippen molar-refractivity contribution >= 4 is 5.97 Å². The van der Waals surface area contributed by atoms with Gasteiger partial charge < -0.3 is 20.0 Å². The van der Waals surface area contributed by atoms with Gasteiger partial charge in [-0.2, -0.15) is 0 Å². The van der Waals surface area contributed by atoms with E-state index in [-0.39, 0.29) is 5.56 Å². The lowest BCUT2D eigenvalue weighted by atomic mass is 10.1. The quantitative estimate of drug-likeness (QED) is 0.677. The summed E-state index contributed by atoms with van der Waals surface area (Å²) in [4.78, 5) is 10.8. The van der Waals surface area contributed by atoms with Gasteiger partial charge in [-0.3, -0.25) is 0 Å². The Morgan fingerprint density at radius 2 is 1.50 bits per heavy atom. The highest BCUT2D eigenvalue weighted by atomic mass is 16.5. The topological polar surface area (TPSA) is 66.0 Å². The van der Waals surface area contributed by atoms with E-state index < -0.39 is 5.97 Å². The van der Waals surface area contributed by atoms with Gasteiger partial charge in [-0.05, 0) is 23.3 Å². The summed E-state index contributed by atoms with van der Waals surface area (Å²) >= 11 is 0. The van der Waals surface area contributed by atoms with Crippen LogP contribution in [0.5, 0.6) is 5.75 Å². The highest BCUT2D eigenvalue weighted by molar-refractivity contribution is 5.85. The average molecular weight is 347 g/mol. The number of benzene rings is 3. The van der Waals surface area contributed by atoms with Crippen molar-refractivity contribution in [1.82, 2.24) is 0 Å². The van der Waals surface area contributed by atoms with Crippen LogP contribution < -0.4 is 15.2 Å². The molecular weight excluding hydrogens is 326 g/mol. The van der Waals surface area contributed by atoms with E-state index in [4.69, 9.17) is 4.74 Å². The van der Waals surface area contributed by atoms with Gasteiger partial charge in [0.05, 0.1) is 5.97 Å². The zero-order valence-corrected chi connectivity index (χ0v) is 14.4. The van der Waals surface area contributed by atoms with Crippen LogP contribution in [0.1, 0.15) is 27.0 Å². The molecule has 4 nitrogen and oxygen atoms in total. The number of carboxylic acid groups (broad SMARTS) is 1. The SMILES string of the molecule is O=C([O-])c1ccc(C[NH2+]Cc2ccccc2OCc2ccccc2)cc1. The van der Waals surface area contributed by atoms with Gasteiger partial charge in [0, 0.05) is 11.1 Å². The van der Waals surface area contributed by atoms with Crippen LogP contribution in [0.15, 0.2) is 78.9 Å². The van der Waals surface area contributed by atoms with Crippen LogP contribution in [0.25, 0.3) is 0 Å². The first-order valence-electron chi connectivity index (χ1n) is 8.59. The summed E-state index contributed by atoms with van der Waals surface area (Å²) in [5, 5.41) is 12.9. The summed E-state index contributed by atoms with van der Waals surface area (Å²) in [6, 6.07) is 24.9. The van der Waals surface area contributed by atoms with Crippen molar-refractivity contribution in [3.05, 3.63) is 101 Å². The maximum Gasteiger partial charge on any atom is 0.128 e. The number of nitrogens with two attached hydrogens (primary N) is 1. The normalized spacial score (nSPS) is 10.5. The molecule has 0 aliphatic rings. The molecule has 0 bridgehead atoms. The fourth-order valence-electron chi connectivity index (χ4n) is 2.72. The number of carbonyl (C=O) groups excluding carboxylic acids is 1. The summed E-state index contributed by atoms with van der Waals surface area (Å²) in [6.45, 7) is 2.09. The van der Waals surface area contributed by atoms with Crippen molar-refractivity contribution in [2.75, 3.05) is 0 Å². The number of aromatic carboxylic acids is 1. The monoisotopic (exact) mass is 347 g/mol. The number of ether oxygens (including phenoxy) is 1. The Morgan fingerprint density at radius 3 is 2.23 bits per heavy atom. The number of para-hydroxylation sites is 1. The van der Waals surface area contributed by atoms with Crippen LogP contribution in [0.3, 0.4) is 0 Å². The number of hydrogen-bond acceptors (Lipinski definition) is 3. The van der Waals surface area contributed by atoms with Gasteiger partial charge in [-0.15, -0.1) is 0 Å². The lowest BCUT2D eigenvalue weighted by Crippen LogP contribution is -2.80. The molecule has 4 heteroatoms. The number of quaternary nitrogens is 1. The molecule has 0 unspecified atom stereocenters. The predicted octanol–water partition coefficient (Wildman–Crippen LogP) is 1.89. The second kappa shape index (κ2) is 8.83. The predicted molar refractivity (Wildman–Crippen MR) is 97.3 cm³/mol. The van der Waals surface area contributed by atoms with Gasteiger partial charge >= 0.3 is 0 Å². The van der Waals surface area contributed by atoms with E-state index in [0.717, 1.165) is 35.5 Å². The van der Waals surface area contributed by atoms with Crippen molar-refractivity contribution in [2.24, 2.45) is 0 Å². The molecule has 0 aliphatic carbocycles. The molecule has 0 saturated heterocycles. The van der Waals surface area contributed by atoms with Crippen LogP contribution in [-0.2, 0) is 19.7 Å². The van der Waals surface area contributed by atoms with Crippen molar-refractivity contribution in [3.63, 3.8) is 0 Å². The molecule has 3 aromatic rings. The number of carboxylic acids is 1. The summed E-state index contributed by atoms with van der Waals surface area (Å²) < 4.78 is 5.98.